The number of rotatable bonds is 4. The van der Waals surface area contributed by atoms with Crippen molar-refractivity contribution in [3.8, 4) is 0 Å². The van der Waals surface area contributed by atoms with Crippen molar-refractivity contribution >= 4 is 35.1 Å². The summed E-state index contributed by atoms with van der Waals surface area (Å²) in [6.45, 7) is -0.329. The van der Waals surface area contributed by atoms with Crippen LogP contribution in [0.4, 0.5) is 0 Å². The van der Waals surface area contributed by atoms with Crippen LogP contribution in [0, 0.1) is 0 Å². The van der Waals surface area contributed by atoms with E-state index in [0.717, 1.165) is 4.90 Å². The lowest BCUT2D eigenvalue weighted by Gasteiger charge is -2.14. The zero-order chi connectivity index (χ0) is 13.0. The van der Waals surface area contributed by atoms with Gasteiger partial charge in [0, 0.05) is 17.1 Å². The Hall–Kier alpha value is -1.26. The lowest BCUT2D eigenvalue weighted by Crippen LogP contribution is -2.33. The van der Waals surface area contributed by atoms with Crippen LogP contribution in [0.15, 0.2) is 18.2 Å². The number of halogens is 2. The normalized spacial score (nSPS) is 10.1. The fraction of sp³-hybridized carbons (Fsp3) is 0.273. The quantitative estimate of drug-likeness (QED) is 0.915. The molecule has 0 aliphatic heterocycles. The molecule has 4 nitrogen and oxygen atoms in total. The molecule has 92 valence electrons. The summed E-state index contributed by atoms with van der Waals surface area (Å²) in [5.74, 6) is -1.36. The summed E-state index contributed by atoms with van der Waals surface area (Å²) in [6, 6.07) is 4.83. The Morgan fingerprint density at radius 2 is 2.00 bits per heavy atom. The van der Waals surface area contributed by atoms with E-state index >= 15 is 0 Å². The third-order valence-corrected chi connectivity index (χ3v) is 2.74. The number of carbonyl (C=O) groups is 2. The van der Waals surface area contributed by atoms with Crippen LogP contribution in [-0.4, -0.2) is 35.5 Å². The van der Waals surface area contributed by atoms with E-state index in [2.05, 4.69) is 0 Å². The molecular formula is C11H11Cl2NO3. The van der Waals surface area contributed by atoms with E-state index in [0.29, 0.717) is 15.6 Å². The minimum absolute atomic E-state index is 0.0553. The maximum atomic E-state index is 11.7. The second kappa shape index (κ2) is 5.89. The van der Waals surface area contributed by atoms with Crippen LogP contribution in [0.25, 0.3) is 0 Å². The maximum Gasteiger partial charge on any atom is 0.323 e. The highest BCUT2D eigenvalue weighted by atomic mass is 35.5. The molecule has 0 saturated heterocycles. The lowest BCUT2D eigenvalue weighted by atomic mass is 10.1. The van der Waals surface area contributed by atoms with Crippen molar-refractivity contribution in [3.05, 3.63) is 33.8 Å². The molecule has 1 aromatic carbocycles. The largest absolute Gasteiger partial charge is 0.480 e. The highest BCUT2D eigenvalue weighted by Crippen LogP contribution is 2.21. The lowest BCUT2D eigenvalue weighted by molar-refractivity contribution is -0.143. The molecule has 6 heteroatoms. The van der Waals surface area contributed by atoms with Gasteiger partial charge in [0.05, 0.1) is 6.42 Å². The van der Waals surface area contributed by atoms with E-state index in [1.807, 2.05) is 0 Å². The predicted octanol–water partition coefficient (Wildman–Crippen LogP) is 2.08. The Morgan fingerprint density at radius 1 is 1.35 bits per heavy atom. The molecule has 0 spiro atoms. The Morgan fingerprint density at radius 3 is 2.53 bits per heavy atom. The van der Waals surface area contributed by atoms with Gasteiger partial charge in [-0.25, -0.2) is 0 Å². The van der Waals surface area contributed by atoms with E-state index < -0.39 is 5.97 Å². The van der Waals surface area contributed by atoms with Crippen molar-refractivity contribution in [2.24, 2.45) is 0 Å². The smallest absolute Gasteiger partial charge is 0.323 e. The molecule has 0 atom stereocenters. The van der Waals surface area contributed by atoms with Gasteiger partial charge in [0.15, 0.2) is 0 Å². The van der Waals surface area contributed by atoms with Gasteiger partial charge in [0.25, 0.3) is 0 Å². The SMILES string of the molecule is CN(CC(=O)O)C(=O)Cc1ccc(Cl)cc1Cl. The number of carboxylic acids is 1. The van der Waals surface area contributed by atoms with Gasteiger partial charge in [-0.1, -0.05) is 29.3 Å². The fourth-order valence-corrected chi connectivity index (χ4v) is 1.73. The van der Waals surface area contributed by atoms with Crippen molar-refractivity contribution in [1.29, 1.82) is 0 Å². The maximum absolute atomic E-state index is 11.7. The first kappa shape index (κ1) is 13.8. The number of aliphatic carboxylic acids is 1. The standard InChI is InChI=1S/C11H11Cl2NO3/c1-14(6-11(16)17)10(15)4-7-2-3-8(12)5-9(7)13/h2-3,5H,4,6H2,1H3,(H,16,17). The fourth-order valence-electron chi connectivity index (χ4n) is 1.25. The first-order chi connectivity index (χ1) is 7.90. The number of likely N-dealkylation sites (N-methyl/N-ethyl adjacent to an activating group) is 1. The second-order valence-electron chi connectivity index (χ2n) is 3.56. The van der Waals surface area contributed by atoms with Gasteiger partial charge < -0.3 is 10.0 Å². The molecule has 1 N–H and O–H groups in total. The monoisotopic (exact) mass is 275 g/mol. The van der Waals surface area contributed by atoms with Crippen molar-refractivity contribution in [1.82, 2.24) is 4.90 Å². The van der Waals surface area contributed by atoms with E-state index in [1.54, 1.807) is 18.2 Å². The minimum atomic E-state index is -1.05. The van der Waals surface area contributed by atoms with Crippen LogP contribution in [0.5, 0.6) is 0 Å². The first-order valence-electron chi connectivity index (χ1n) is 4.80. The van der Waals surface area contributed by atoms with Crippen LogP contribution >= 0.6 is 23.2 Å². The molecule has 0 saturated carbocycles. The molecule has 0 fully saturated rings. The number of amides is 1. The van der Waals surface area contributed by atoms with Gasteiger partial charge in [-0.2, -0.15) is 0 Å². The van der Waals surface area contributed by atoms with Crippen molar-refractivity contribution in [2.45, 2.75) is 6.42 Å². The van der Waals surface area contributed by atoms with Crippen LogP contribution in [0.1, 0.15) is 5.56 Å². The summed E-state index contributed by atoms with van der Waals surface area (Å²) < 4.78 is 0. The summed E-state index contributed by atoms with van der Waals surface area (Å²) in [4.78, 5) is 23.2. The third kappa shape index (κ3) is 4.24. The zero-order valence-electron chi connectivity index (χ0n) is 9.11. The molecule has 0 bridgehead atoms. The molecule has 1 amide bonds. The Balaban J connectivity index is 2.71. The van der Waals surface area contributed by atoms with Gasteiger partial charge in [0.1, 0.15) is 6.54 Å². The number of hydrogen-bond acceptors (Lipinski definition) is 2. The first-order valence-corrected chi connectivity index (χ1v) is 5.55. The molecule has 0 unspecified atom stereocenters. The average molecular weight is 276 g/mol. The summed E-state index contributed by atoms with van der Waals surface area (Å²) in [5, 5.41) is 9.44. The minimum Gasteiger partial charge on any atom is -0.480 e. The molecule has 1 rings (SSSR count). The van der Waals surface area contributed by atoms with E-state index in [-0.39, 0.29) is 18.9 Å². The van der Waals surface area contributed by atoms with Gasteiger partial charge in [-0.15, -0.1) is 0 Å². The Bertz CT molecular complexity index is 448. The van der Waals surface area contributed by atoms with E-state index in [9.17, 15) is 9.59 Å². The summed E-state index contributed by atoms with van der Waals surface area (Å²) in [5.41, 5.74) is 0.623. The molecule has 1 aromatic rings. The second-order valence-corrected chi connectivity index (χ2v) is 4.40. The van der Waals surface area contributed by atoms with Gasteiger partial charge in [-0.3, -0.25) is 9.59 Å². The molecule has 0 aliphatic rings. The van der Waals surface area contributed by atoms with Crippen LogP contribution in [0.3, 0.4) is 0 Å². The molecule has 0 radical (unpaired) electrons. The highest BCUT2D eigenvalue weighted by Gasteiger charge is 2.14. The van der Waals surface area contributed by atoms with Crippen molar-refractivity contribution in [2.75, 3.05) is 13.6 Å². The number of carbonyl (C=O) groups excluding carboxylic acids is 1. The zero-order valence-corrected chi connectivity index (χ0v) is 10.6. The van der Waals surface area contributed by atoms with Crippen LogP contribution in [0.2, 0.25) is 10.0 Å². The van der Waals surface area contributed by atoms with Crippen molar-refractivity contribution in [3.63, 3.8) is 0 Å². The summed E-state index contributed by atoms with van der Waals surface area (Å²) in [6.07, 6.45) is 0.0553. The number of hydrogen-bond donors (Lipinski definition) is 1. The topological polar surface area (TPSA) is 57.6 Å². The van der Waals surface area contributed by atoms with Crippen LogP contribution in [-0.2, 0) is 16.0 Å². The summed E-state index contributed by atoms with van der Waals surface area (Å²) in [7, 11) is 1.43. The molecule has 0 aromatic heterocycles. The predicted molar refractivity (Wildman–Crippen MR) is 65.4 cm³/mol. The third-order valence-electron chi connectivity index (χ3n) is 2.15. The van der Waals surface area contributed by atoms with Gasteiger partial charge in [-0.05, 0) is 17.7 Å². The number of carboxylic acid groups (broad SMARTS) is 1. The van der Waals surface area contributed by atoms with E-state index in [1.165, 1.54) is 7.05 Å². The molecular weight excluding hydrogens is 265 g/mol. The van der Waals surface area contributed by atoms with Crippen LogP contribution < -0.4 is 0 Å². The summed E-state index contributed by atoms with van der Waals surface area (Å²) >= 11 is 11.6. The molecule has 17 heavy (non-hydrogen) atoms. The Kier molecular flexibility index (Phi) is 4.78. The number of benzene rings is 1. The van der Waals surface area contributed by atoms with E-state index in [4.69, 9.17) is 28.3 Å². The molecule has 0 heterocycles. The van der Waals surface area contributed by atoms with Crippen molar-refractivity contribution < 1.29 is 14.7 Å². The average Bonchev–Trinajstić information content (AvgIpc) is 2.21. The van der Waals surface area contributed by atoms with Gasteiger partial charge >= 0.3 is 5.97 Å². The number of nitrogens with zero attached hydrogens (tertiary/aromatic N) is 1. The molecule has 0 aliphatic carbocycles. The van der Waals surface area contributed by atoms with Gasteiger partial charge in [0.2, 0.25) is 5.91 Å². The Labute approximate surface area is 109 Å². The highest BCUT2D eigenvalue weighted by molar-refractivity contribution is 6.35.